The molecule has 1 amide bonds. The van der Waals surface area contributed by atoms with Crippen LogP contribution in [-0.4, -0.2) is 34.8 Å². The summed E-state index contributed by atoms with van der Waals surface area (Å²) in [5.41, 5.74) is 1.93. The quantitative estimate of drug-likeness (QED) is 0.162. The number of nitrogens with zero attached hydrogens (tertiary/aromatic N) is 3. The van der Waals surface area contributed by atoms with Crippen LogP contribution in [0.2, 0.25) is 0 Å². The highest BCUT2D eigenvalue weighted by atomic mass is 32.2. The number of unbranched alkanes of at least 4 members (excludes halogenated alkanes) is 2. The lowest BCUT2D eigenvalue weighted by molar-refractivity contribution is -0.763. The summed E-state index contributed by atoms with van der Waals surface area (Å²) in [6.07, 6.45) is 2.44. The summed E-state index contributed by atoms with van der Waals surface area (Å²) in [5.74, 6) is 0.712. The number of carbonyl (C=O) groups is 2. The predicted molar refractivity (Wildman–Crippen MR) is 136 cm³/mol. The van der Waals surface area contributed by atoms with Gasteiger partial charge in [0.05, 0.1) is 18.4 Å². The Hall–Kier alpha value is -3.66. The highest BCUT2D eigenvalue weighted by Crippen LogP contribution is 2.39. The van der Waals surface area contributed by atoms with E-state index in [-0.39, 0.29) is 17.2 Å². The summed E-state index contributed by atoms with van der Waals surface area (Å²) in [6, 6.07) is 12.3. The Morgan fingerprint density at radius 2 is 1.92 bits per heavy atom. The van der Waals surface area contributed by atoms with E-state index < -0.39 is 12.1 Å². The molecule has 1 aromatic heterocycles. The lowest BCUT2D eigenvalue weighted by Gasteiger charge is -2.31. The number of aromatic nitrogens is 3. The lowest BCUT2D eigenvalue weighted by atomic mass is 10.0. The maximum absolute atomic E-state index is 13.4. The van der Waals surface area contributed by atoms with Crippen LogP contribution in [0.25, 0.3) is 11.3 Å². The van der Waals surface area contributed by atoms with E-state index in [1.54, 1.807) is 27.8 Å². The number of nitrogens with one attached hydrogen (secondary N) is 1. The van der Waals surface area contributed by atoms with Crippen LogP contribution in [0.3, 0.4) is 0 Å². The molecule has 0 aliphatic carbocycles. The van der Waals surface area contributed by atoms with Gasteiger partial charge in [0.15, 0.2) is 11.5 Å². The van der Waals surface area contributed by atoms with Gasteiger partial charge >= 0.3 is 17.2 Å². The average Bonchev–Trinajstić information content (AvgIpc) is 2.85. The summed E-state index contributed by atoms with van der Waals surface area (Å²) in [7, 11) is 1.47. The summed E-state index contributed by atoms with van der Waals surface area (Å²) in [5, 5.41) is 5.27. The number of fused-ring (bicyclic) bond motifs is 3. The molecule has 0 spiro atoms. The van der Waals surface area contributed by atoms with Crippen LogP contribution in [0.5, 0.6) is 11.5 Å². The molecule has 0 bridgehead atoms. The number of thioether (sulfide) groups is 1. The predicted octanol–water partition coefficient (Wildman–Crippen LogP) is 3.85. The molecule has 1 atom stereocenters. The number of methoxy groups -OCH3 is 1. The molecule has 9 nitrogen and oxygen atoms in total. The summed E-state index contributed by atoms with van der Waals surface area (Å²) in [4.78, 5) is 42.5. The zero-order chi connectivity index (χ0) is 25.8. The Morgan fingerprint density at radius 1 is 1.14 bits per heavy atom. The van der Waals surface area contributed by atoms with Crippen molar-refractivity contribution in [1.82, 2.24) is 10.1 Å². The second-order valence-corrected chi connectivity index (χ2v) is 9.48. The molecular weight excluding hydrogens is 480 g/mol. The zero-order valence-electron chi connectivity index (χ0n) is 20.7. The van der Waals surface area contributed by atoms with Gasteiger partial charge in [-0.2, -0.15) is 0 Å². The van der Waals surface area contributed by atoms with Crippen molar-refractivity contribution in [2.75, 3.05) is 17.8 Å². The first-order valence-electron chi connectivity index (χ1n) is 11.8. The Bertz CT molecular complexity index is 1360. The topological polar surface area (TPSA) is 105 Å². The number of anilines is 1. The van der Waals surface area contributed by atoms with Gasteiger partial charge in [-0.3, -0.25) is 19.4 Å². The second-order valence-electron chi connectivity index (χ2n) is 8.39. The SMILES string of the molecule is CCCCCSc1n[n+]2c(c(=O)[nH]1)-c1ccccc1N(C(C)=O)[C@H]2c1ccc(OC(C)=O)c(OC)c1. The van der Waals surface area contributed by atoms with Gasteiger partial charge in [-0.25, -0.2) is 4.90 Å². The molecule has 1 aliphatic rings. The lowest BCUT2D eigenvalue weighted by Crippen LogP contribution is -2.60. The van der Waals surface area contributed by atoms with Gasteiger partial charge in [-0.05, 0) is 41.4 Å². The van der Waals surface area contributed by atoms with Crippen molar-refractivity contribution in [3.63, 3.8) is 0 Å². The van der Waals surface area contributed by atoms with Gasteiger partial charge in [-0.1, -0.05) is 43.7 Å². The van der Waals surface area contributed by atoms with E-state index in [0.29, 0.717) is 33.4 Å². The molecule has 0 fully saturated rings. The smallest absolute Gasteiger partial charge is 0.325 e. The van der Waals surface area contributed by atoms with Crippen LogP contribution in [0.4, 0.5) is 5.69 Å². The fourth-order valence-electron chi connectivity index (χ4n) is 4.28. The van der Waals surface area contributed by atoms with Crippen LogP contribution >= 0.6 is 11.8 Å². The Kier molecular flexibility index (Phi) is 7.73. The number of carbonyl (C=O) groups excluding carboxylic acids is 2. The van der Waals surface area contributed by atoms with Crippen LogP contribution in [0.1, 0.15) is 51.8 Å². The van der Waals surface area contributed by atoms with Crippen LogP contribution in [0.15, 0.2) is 52.4 Å². The summed E-state index contributed by atoms with van der Waals surface area (Å²) < 4.78 is 12.3. The molecule has 0 saturated carbocycles. The minimum Gasteiger partial charge on any atom is -0.493 e. The van der Waals surface area contributed by atoms with E-state index >= 15 is 0 Å². The van der Waals surface area contributed by atoms with E-state index in [0.717, 1.165) is 25.0 Å². The van der Waals surface area contributed by atoms with E-state index in [9.17, 15) is 14.4 Å². The Labute approximate surface area is 213 Å². The number of benzene rings is 2. The maximum atomic E-state index is 13.4. The van der Waals surface area contributed by atoms with E-state index in [2.05, 4.69) is 11.9 Å². The number of H-pyrrole nitrogens is 1. The number of rotatable bonds is 8. The molecule has 10 heteroatoms. The molecule has 3 aromatic rings. The number of hydrogen-bond acceptors (Lipinski definition) is 7. The molecule has 0 radical (unpaired) electrons. The van der Waals surface area contributed by atoms with Crippen molar-refractivity contribution in [2.24, 2.45) is 0 Å². The number of para-hydroxylation sites is 1. The normalized spacial score (nSPS) is 14.1. The number of amides is 1. The molecule has 0 unspecified atom stereocenters. The summed E-state index contributed by atoms with van der Waals surface area (Å²) >= 11 is 1.48. The minimum absolute atomic E-state index is 0.215. The highest BCUT2D eigenvalue weighted by molar-refractivity contribution is 7.99. The molecule has 0 saturated heterocycles. The Morgan fingerprint density at radius 3 is 2.61 bits per heavy atom. The van der Waals surface area contributed by atoms with Crippen molar-refractivity contribution in [1.29, 1.82) is 0 Å². The molecule has 2 aromatic carbocycles. The highest BCUT2D eigenvalue weighted by Gasteiger charge is 2.45. The average molecular weight is 510 g/mol. The van der Waals surface area contributed by atoms with Crippen molar-refractivity contribution >= 4 is 29.3 Å². The number of hydrogen-bond donors (Lipinski definition) is 1. The van der Waals surface area contributed by atoms with E-state index in [4.69, 9.17) is 14.6 Å². The van der Waals surface area contributed by atoms with Crippen molar-refractivity contribution in [3.8, 4) is 22.8 Å². The van der Waals surface area contributed by atoms with Crippen LogP contribution in [-0.2, 0) is 9.59 Å². The van der Waals surface area contributed by atoms with Gasteiger partial charge in [0.1, 0.15) is 0 Å². The minimum atomic E-state index is -0.759. The van der Waals surface area contributed by atoms with Crippen LogP contribution in [0, 0.1) is 0 Å². The molecule has 4 rings (SSSR count). The van der Waals surface area contributed by atoms with Crippen molar-refractivity contribution in [3.05, 3.63) is 58.4 Å². The van der Waals surface area contributed by atoms with Gasteiger partial charge < -0.3 is 9.47 Å². The van der Waals surface area contributed by atoms with Gasteiger partial charge in [0.25, 0.3) is 6.17 Å². The number of aromatic amines is 1. The van der Waals surface area contributed by atoms with Crippen LogP contribution < -0.4 is 24.6 Å². The third kappa shape index (κ3) is 4.99. The molecule has 36 heavy (non-hydrogen) atoms. The maximum Gasteiger partial charge on any atom is 0.325 e. The number of ether oxygens (including phenoxy) is 2. The molecule has 188 valence electrons. The fraction of sp³-hybridized carbons (Fsp3) is 0.346. The first-order valence-corrected chi connectivity index (χ1v) is 12.8. The van der Waals surface area contributed by atoms with Crippen molar-refractivity contribution in [2.45, 2.75) is 51.4 Å². The molecule has 2 heterocycles. The standard InChI is InChI=1S/C26H28N4O5S/c1-5-6-9-14-36-26-27-24(33)23-19-10-7-8-11-20(19)29(16(2)31)25(30(23)28-26)18-12-13-21(35-17(3)32)22(15-18)34-4/h7-8,10-13,15,25H,5-6,9,14H2,1-4H3/p+1/t25-/m1/s1. The zero-order valence-corrected chi connectivity index (χ0v) is 21.6. The van der Waals surface area contributed by atoms with Gasteiger partial charge in [-0.15, -0.1) is 0 Å². The fourth-order valence-corrected chi connectivity index (χ4v) is 5.14. The second kappa shape index (κ2) is 10.9. The molecule has 1 N–H and O–H groups in total. The van der Waals surface area contributed by atoms with E-state index in [1.165, 1.54) is 32.7 Å². The third-order valence-corrected chi connectivity index (χ3v) is 6.77. The largest absolute Gasteiger partial charge is 0.493 e. The number of esters is 1. The van der Waals surface area contributed by atoms with E-state index in [1.807, 2.05) is 24.3 Å². The van der Waals surface area contributed by atoms with Gasteiger partial charge in [0, 0.05) is 30.3 Å². The Balaban J connectivity index is 1.91. The first-order chi connectivity index (χ1) is 17.3. The molecular formula is C26H29N4O5S+. The van der Waals surface area contributed by atoms with Crippen molar-refractivity contribution < 1.29 is 23.7 Å². The molecule has 1 aliphatic heterocycles. The summed E-state index contributed by atoms with van der Waals surface area (Å²) in [6.45, 7) is 4.93. The third-order valence-electron chi connectivity index (χ3n) is 5.82. The first kappa shape index (κ1) is 25.4. The monoisotopic (exact) mass is 509 g/mol. The van der Waals surface area contributed by atoms with Gasteiger partial charge in [0.2, 0.25) is 11.1 Å².